The normalized spacial score (nSPS) is 11.0. The van der Waals surface area contributed by atoms with E-state index >= 15 is 0 Å². The zero-order valence-electron chi connectivity index (χ0n) is 13.8. The summed E-state index contributed by atoms with van der Waals surface area (Å²) in [7, 11) is -1.38. The van der Waals surface area contributed by atoms with Gasteiger partial charge in [0, 0.05) is 23.5 Å². The molecule has 0 bridgehead atoms. The van der Waals surface area contributed by atoms with Crippen molar-refractivity contribution >= 4 is 8.07 Å². The Kier molecular flexibility index (Phi) is 4.34. The summed E-state index contributed by atoms with van der Waals surface area (Å²) < 4.78 is 0. The number of nitrogens with zero attached hydrogens (tertiary/aromatic N) is 1. The minimum absolute atomic E-state index is 1.09. The van der Waals surface area contributed by atoms with Gasteiger partial charge in [0.25, 0.3) is 0 Å². The topological polar surface area (TPSA) is 12.9 Å². The van der Waals surface area contributed by atoms with Crippen LogP contribution < -0.4 is 0 Å². The summed E-state index contributed by atoms with van der Waals surface area (Å²) in [6.45, 7) is 13.3. The van der Waals surface area contributed by atoms with Gasteiger partial charge in [-0.1, -0.05) is 43.3 Å². The van der Waals surface area contributed by atoms with Crippen molar-refractivity contribution in [2.75, 3.05) is 0 Å². The lowest BCUT2D eigenvalue weighted by atomic mass is 9.92. The van der Waals surface area contributed by atoms with E-state index in [-0.39, 0.29) is 0 Å². The maximum Gasteiger partial charge on any atom is 0.129 e. The number of aryl methyl sites for hydroxylation is 3. The average Bonchev–Trinajstić information content (AvgIpc) is 2.35. The Morgan fingerprint density at radius 1 is 1.00 bits per heavy atom. The van der Waals surface area contributed by atoms with Crippen molar-refractivity contribution in [2.24, 2.45) is 0 Å². The molecule has 0 spiro atoms. The Balaban J connectivity index is 2.63. The third-order valence-corrected chi connectivity index (χ3v) is 4.21. The molecule has 1 aromatic heterocycles. The van der Waals surface area contributed by atoms with Gasteiger partial charge in [-0.15, -0.1) is 5.54 Å². The van der Waals surface area contributed by atoms with Crippen LogP contribution in [0.15, 0.2) is 30.6 Å². The standard InChI is InChI=1S/C19H23NSi/c1-14-11-15(2)19(16(3)12-14)18-13-20-9-7-17(18)8-10-21(4,5)6/h7,9,11-13H,1-6H3. The molecule has 0 radical (unpaired) electrons. The molecule has 0 aliphatic rings. The molecule has 1 heterocycles. The summed E-state index contributed by atoms with van der Waals surface area (Å²) in [6, 6.07) is 6.48. The van der Waals surface area contributed by atoms with E-state index in [2.05, 4.69) is 69.0 Å². The highest BCUT2D eigenvalue weighted by molar-refractivity contribution is 6.83. The highest BCUT2D eigenvalue weighted by Crippen LogP contribution is 2.30. The molecule has 21 heavy (non-hydrogen) atoms. The van der Waals surface area contributed by atoms with Crippen LogP contribution in [0.25, 0.3) is 11.1 Å². The van der Waals surface area contributed by atoms with Gasteiger partial charge in [0.2, 0.25) is 0 Å². The summed E-state index contributed by atoms with van der Waals surface area (Å²) in [5, 5.41) is 0. The maximum atomic E-state index is 4.31. The fourth-order valence-corrected chi connectivity index (χ4v) is 3.07. The third kappa shape index (κ3) is 3.83. The number of aromatic nitrogens is 1. The minimum Gasteiger partial charge on any atom is -0.264 e. The van der Waals surface area contributed by atoms with Gasteiger partial charge in [-0.05, 0) is 43.5 Å². The lowest BCUT2D eigenvalue weighted by molar-refractivity contribution is 1.28. The number of pyridine rings is 1. The fourth-order valence-electron chi connectivity index (χ4n) is 2.56. The Morgan fingerprint density at radius 2 is 1.62 bits per heavy atom. The number of rotatable bonds is 1. The van der Waals surface area contributed by atoms with Gasteiger partial charge in [0.1, 0.15) is 8.07 Å². The van der Waals surface area contributed by atoms with E-state index < -0.39 is 8.07 Å². The number of hydrogen-bond donors (Lipinski definition) is 0. The van der Waals surface area contributed by atoms with Crippen LogP contribution in [0.4, 0.5) is 0 Å². The minimum atomic E-state index is -1.38. The Bertz CT molecular complexity index is 704. The molecule has 2 aromatic rings. The first-order valence-corrected chi connectivity index (χ1v) is 10.8. The predicted octanol–water partition coefficient (Wildman–Crippen LogP) is 4.90. The number of benzene rings is 1. The maximum absolute atomic E-state index is 4.31. The van der Waals surface area contributed by atoms with E-state index in [0.717, 1.165) is 11.1 Å². The van der Waals surface area contributed by atoms with Crippen LogP contribution in [0.2, 0.25) is 19.6 Å². The van der Waals surface area contributed by atoms with Crippen molar-refractivity contribution in [3.8, 4) is 22.6 Å². The highest BCUT2D eigenvalue weighted by Gasteiger charge is 2.12. The lowest BCUT2D eigenvalue weighted by Gasteiger charge is -2.13. The molecule has 0 aliphatic heterocycles. The fraction of sp³-hybridized carbons (Fsp3) is 0.316. The first-order valence-electron chi connectivity index (χ1n) is 7.33. The van der Waals surface area contributed by atoms with Gasteiger partial charge in [-0.2, -0.15) is 0 Å². The second-order valence-electron chi connectivity index (χ2n) is 6.69. The molecule has 0 amide bonds. The van der Waals surface area contributed by atoms with Crippen molar-refractivity contribution in [3.63, 3.8) is 0 Å². The Hall–Kier alpha value is -1.85. The quantitative estimate of drug-likeness (QED) is 0.538. The molecule has 0 saturated carbocycles. The molecule has 2 rings (SSSR count). The van der Waals surface area contributed by atoms with Crippen LogP contribution in [-0.2, 0) is 0 Å². The molecule has 0 saturated heterocycles. The Morgan fingerprint density at radius 3 is 2.19 bits per heavy atom. The van der Waals surface area contributed by atoms with Crippen LogP contribution in [0.1, 0.15) is 22.3 Å². The predicted molar refractivity (Wildman–Crippen MR) is 94.1 cm³/mol. The molecule has 0 atom stereocenters. The summed E-state index contributed by atoms with van der Waals surface area (Å²) in [5.41, 5.74) is 10.8. The van der Waals surface area contributed by atoms with Crippen molar-refractivity contribution in [2.45, 2.75) is 40.4 Å². The van der Waals surface area contributed by atoms with Crippen molar-refractivity contribution in [3.05, 3.63) is 52.8 Å². The van der Waals surface area contributed by atoms with Crippen LogP contribution in [0, 0.1) is 32.2 Å². The summed E-state index contributed by atoms with van der Waals surface area (Å²) in [5.74, 6) is 3.39. The van der Waals surface area contributed by atoms with Crippen molar-refractivity contribution < 1.29 is 0 Å². The first-order chi connectivity index (χ1) is 9.78. The van der Waals surface area contributed by atoms with Crippen LogP contribution in [0.3, 0.4) is 0 Å². The van der Waals surface area contributed by atoms with Gasteiger partial charge >= 0.3 is 0 Å². The molecule has 0 unspecified atom stereocenters. The third-order valence-electron chi connectivity index (χ3n) is 3.34. The smallest absolute Gasteiger partial charge is 0.129 e. The van der Waals surface area contributed by atoms with E-state index in [1.165, 1.54) is 22.3 Å². The molecule has 0 N–H and O–H groups in total. The van der Waals surface area contributed by atoms with E-state index in [4.69, 9.17) is 0 Å². The largest absolute Gasteiger partial charge is 0.264 e. The van der Waals surface area contributed by atoms with Crippen molar-refractivity contribution in [1.82, 2.24) is 4.98 Å². The lowest BCUT2D eigenvalue weighted by Crippen LogP contribution is -2.16. The van der Waals surface area contributed by atoms with Gasteiger partial charge in [-0.3, -0.25) is 4.98 Å². The summed E-state index contributed by atoms with van der Waals surface area (Å²) >= 11 is 0. The van der Waals surface area contributed by atoms with E-state index in [1.54, 1.807) is 0 Å². The van der Waals surface area contributed by atoms with E-state index in [9.17, 15) is 0 Å². The number of hydrogen-bond acceptors (Lipinski definition) is 1. The second kappa shape index (κ2) is 5.87. The van der Waals surface area contributed by atoms with Crippen LogP contribution in [-0.4, -0.2) is 13.1 Å². The Labute approximate surface area is 129 Å². The zero-order chi connectivity index (χ0) is 15.6. The average molecular weight is 293 g/mol. The van der Waals surface area contributed by atoms with E-state index in [0.29, 0.717) is 0 Å². The van der Waals surface area contributed by atoms with Crippen LogP contribution in [0.5, 0.6) is 0 Å². The molecular weight excluding hydrogens is 270 g/mol. The van der Waals surface area contributed by atoms with Gasteiger partial charge < -0.3 is 0 Å². The van der Waals surface area contributed by atoms with Gasteiger partial charge in [0.15, 0.2) is 0 Å². The SMILES string of the molecule is Cc1cc(C)c(-c2cnccc2C#C[Si](C)(C)C)c(C)c1. The van der Waals surface area contributed by atoms with Gasteiger partial charge in [-0.25, -0.2) is 0 Å². The van der Waals surface area contributed by atoms with Crippen LogP contribution >= 0.6 is 0 Å². The molecule has 2 heteroatoms. The van der Waals surface area contributed by atoms with E-state index in [1.807, 2.05) is 18.5 Å². The molecule has 0 fully saturated rings. The summed E-state index contributed by atoms with van der Waals surface area (Å²) in [6.07, 6.45) is 3.77. The van der Waals surface area contributed by atoms with Crippen molar-refractivity contribution in [1.29, 1.82) is 0 Å². The summed E-state index contributed by atoms with van der Waals surface area (Å²) in [4.78, 5) is 4.31. The molecular formula is C19H23NSi. The monoisotopic (exact) mass is 293 g/mol. The molecule has 108 valence electrons. The highest BCUT2D eigenvalue weighted by atomic mass is 28.3. The first kappa shape index (κ1) is 15.5. The molecule has 1 nitrogen and oxygen atoms in total. The second-order valence-corrected chi connectivity index (χ2v) is 11.4. The van der Waals surface area contributed by atoms with Gasteiger partial charge in [0.05, 0.1) is 0 Å². The molecule has 0 aliphatic carbocycles. The zero-order valence-corrected chi connectivity index (χ0v) is 14.8. The molecule has 1 aromatic carbocycles.